The zero-order valence-corrected chi connectivity index (χ0v) is 18.1. The van der Waals surface area contributed by atoms with Gasteiger partial charge in [0.2, 0.25) is 5.78 Å². The molecule has 5 nitrogen and oxygen atoms in total. The summed E-state index contributed by atoms with van der Waals surface area (Å²) in [5.74, 6) is 1.09. The highest BCUT2D eigenvalue weighted by atomic mass is 32.1. The Morgan fingerprint density at radius 1 is 0.781 bits per heavy atom. The number of nitrogens with zero attached hydrogens (tertiary/aromatic N) is 4. The number of fused-ring (bicyclic) bond motifs is 2. The van der Waals surface area contributed by atoms with E-state index in [9.17, 15) is 4.79 Å². The number of hydrogen-bond acceptors (Lipinski definition) is 4. The summed E-state index contributed by atoms with van der Waals surface area (Å²) >= 11 is 1.55. The maximum atomic E-state index is 13.9. The first-order chi connectivity index (χ1) is 15.7. The second kappa shape index (κ2) is 7.28. The van der Waals surface area contributed by atoms with Crippen LogP contribution in [0.1, 0.15) is 5.56 Å². The van der Waals surface area contributed by atoms with Gasteiger partial charge in [-0.2, -0.15) is 4.68 Å². The Hall–Kier alpha value is -4.03. The molecule has 0 atom stereocenters. The first-order valence-electron chi connectivity index (χ1n) is 10.3. The summed E-state index contributed by atoms with van der Waals surface area (Å²) in [6, 6.07) is 29.7. The Morgan fingerprint density at radius 2 is 1.38 bits per heavy atom. The molecule has 6 heteroatoms. The van der Waals surface area contributed by atoms with Gasteiger partial charge in [-0.15, -0.1) is 16.4 Å². The Kier molecular flexibility index (Phi) is 4.26. The average Bonchev–Trinajstić information content (AvgIpc) is 3.40. The van der Waals surface area contributed by atoms with Crippen molar-refractivity contribution >= 4 is 27.3 Å². The Morgan fingerprint density at radius 3 is 2.03 bits per heavy atom. The van der Waals surface area contributed by atoms with Crippen molar-refractivity contribution in [1.82, 2.24) is 19.2 Å². The van der Waals surface area contributed by atoms with Gasteiger partial charge in [-0.25, -0.2) is 9.38 Å². The lowest BCUT2D eigenvalue weighted by Crippen LogP contribution is -2.15. The van der Waals surface area contributed by atoms with E-state index in [1.54, 1.807) is 20.4 Å². The molecular weight excluding hydrogens is 416 g/mol. The lowest BCUT2D eigenvalue weighted by atomic mass is 10.1. The summed E-state index contributed by atoms with van der Waals surface area (Å²) < 4.78 is 3.39. The Balaban J connectivity index is 1.73. The molecule has 0 fully saturated rings. The minimum atomic E-state index is -0.0954. The Labute approximate surface area is 187 Å². The molecule has 0 N–H and O–H groups in total. The van der Waals surface area contributed by atoms with Gasteiger partial charge in [0.1, 0.15) is 4.83 Å². The first kappa shape index (κ1) is 18.7. The smallest absolute Gasteiger partial charge is 0.268 e. The van der Waals surface area contributed by atoms with E-state index in [-0.39, 0.29) is 5.56 Å². The summed E-state index contributed by atoms with van der Waals surface area (Å²) in [5.41, 5.74) is 3.67. The fourth-order valence-electron chi connectivity index (χ4n) is 4.07. The molecule has 0 amide bonds. The monoisotopic (exact) mass is 434 g/mol. The highest BCUT2D eigenvalue weighted by Gasteiger charge is 2.22. The van der Waals surface area contributed by atoms with Crippen LogP contribution in [0.3, 0.4) is 0 Å². The van der Waals surface area contributed by atoms with Crippen molar-refractivity contribution in [1.29, 1.82) is 0 Å². The molecule has 0 saturated heterocycles. The maximum Gasteiger partial charge on any atom is 0.269 e. The van der Waals surface area contributed by atoms with E-state index in [0.717, 1.165) is 32.1 Å². The summed E-state index contributed by atoms with van der Waals surface area (Å²) in [6.45, 7) is 2.00. The molecule has 6 aromatic rings. The fourth-order valence-corrected chi connectivity index (χ4v) is 5.24. The molecule has 0 spiro atoms. The van der Waals surface area contributed by atoms with Crippen molar-refractivity contribution in [3.05, 3.63) is 107 Å². The maximum absolute atomic E-state index is 13.9. The number of hydrogen-bond donors (Lipinski definition) is 0. The van der Waals surface area contributed by atoms with Crippen LogP contribution >= 0.6 is 11.3 Å². The van der Waals surface area contributed by atoms with E-state index >= 15 is 0 Å². The molecular formula is C26H18N4OS. The van der Waals surface area contributed by atoms with Crippen molar-refractivity contribution < 1.29 is 0 Å². The van der Waals surface area contributed by atoms with Gasteiger partial charge in [-0.3, -0.25) is 4.79 Å². The number of thiophene rings is 1. The van der Waals surface area contributed by atoms with Crippen molar-refractivity contribution in [3.63, 3.8) is 0 Å². The van der Waals surface area contributed by atoms with E-state index < -0.39 is 0 Å². The molecule has 0 aliphatic carbocycles. The predicted octanol–water partition coefficient (Wildman–Crippen LogP) is 5.74. The van der Waals surface area contributed by atoms with E-state index in [2.05, 4.69) is 12.1 Å². The zero-order valence-electron chi connectivity index (χ0n) is 17.3. The minimum Gasteiger partial charge on any atom is -0.268 e. The van der Waals surface area contributed by atoms with Crippen LogP contribution < -0.4 is 5.56 Å². The molecule has 3 aromatic heterocycles. The van der Waals surface area contributed by atoms with Gasteiger partial charge < -0.3 is 0 Å². The van der Waals surface area contributed by atoms with Gasteiger partial charge in [0, 0.05) is 10.4 Å². The zero-order chi connectivity index (χ0) is 21.7. The third-order valence-corrected chi connectivity index (χ3v) is 6.85. The molecule has 0 radical (unpaired) electrons. The standard InChI is InChI=1S/C26H18N4OS/c1-17-21-24(32-22(17)18-11-5-2-6-12-18)27-26-29(25(21)31)23(19-13-7-3-8-14-19)28-30(26)20-15-9-4-10-16-20/h2-16H,1H3. The lowest BCUT2D eigenvalue weighted by Gasteiger charge is -2.02. The molecule has 3 heterocycles. The molecule has 0 aliphatic heterocycles. The molecule has 0 saturated carbocycles. The molecule has 0 unspecified atom stereocenters. The highest BCUT2D eigenvalue weighted by molar-refractivity contribution is 7.22. The van der Waals surface area contributed by atoms with E-state index in [1.807, 2.05) is 85.8 Å². The van der Waals surface area contributed by atoms with Crippen LogP contribution in [0.2, 0.25) is 0 Å². The number of aromatic nitrogens is 4. The average molecular weight is 435 g/mol. The molecule has 6 rings (SSSR count). The minimum absolute atomic E-state index is 0.0954. The van der Waals surface area contributed by atoms with E-state index in [1.165, 1.54) is 0 Å². The normalized spacial score (nSPS) is 11.4. The van der Waals surface area contributed by atoms with Gasteiger partial charge in [-0.05, 0) is 30.2 Å². The van der Waals surface area contributed by atoms with Crippen LogP contribution in [0.25, 0.3) is 43.5 Å². The van der Waals surface area contributed by atoms with Crippen LogP contribution in [0.4, 0.5) is 0 Å². The van der Waals surface area contributed by atoms with Crippen LogP contribution in [-0.4, -0.2) is 19.2 Å². The van der Waals surface area contributed by atoms with Crippen LogP contribution in [0, 0.1) is 6.92 Å². The van der Waals surface area contributed by atoms with Crippen molar-refractivity contribution in [2.45, 2.75) is 6.92 Å². The summed E-state index contributed by atoms with van der Waals surface area (Å²) in [7, 11) is 0. The SMILES string of the molecule is Cc1c(-c2ccccc2)sc2nc3n(-c4ccccc4)nc(-c4ccccc4)n3c(=O)c12. The third-order valence-electron chi connectivity index (χ3n) is 5.61. The van der Waals surface area contributed by atoms with Gasteiger partial charge in [0.25, 0.3) is 5.56 Å². The second-order valence-electron chi connectivity index (χ2n) is 7.59. The predicted molar refractivity (Wildman–Crippen MR) is 130 cm³/mol. The van der Waals surface area contributed by atoms with Gasteiger partial charge >= 0.3 is 0 Å². The van der Waals surface area contributed by atoms with Gasteiger partial charge in [0.15, 0.2) is 5.82 Å². The number of benzene rings is 3. The van der Waals surface area contributed by atoms with E-state index in [4.69, 9.17) is 10.1 Å². The number of para-hydroxylation sites is 1. The largest absolute Gasteiger partial charge is 0.269 e. The lowest BCUT2D eigenvalue weighted by molar-refractivity contribution is 0.902. The summed E-state index contributed by atoms with van der Waals surface area (Å²) in [4.78, 5) is 20.6. The molecule has 32 heavy (non-hydrogen) atoms. The summed E-state index contributed by atoms with van der Waals surface area (Å²) in [6.07, 6.45) is 0. The van der Waals surface area contributed by atoms with Crippen LogP contribution in [0.15, 0.2) is 95.8 Å². The topological polar surface area (TPSA) is 52.2 Å². The first-order valence-corrected chi connectivity index (χ1v) is 11.1. The highest BCUT2D eigenvalue weighted by Crippen LogP contribution is 2.36. The van der Waals surface area contributed by atoms with Crippen molar-refractivity contribution in [3.8, 4) is 27.5 Å². The molecule has 154 valence electrons. The molecule has 3 aromatic carbocycles. The fraction of sp³-hybridized carbons (Fsp3) is 0.0385. The van der Waals surface area contributed by atoms with Crippen molar-refractivity contribution in [2.75, 3.05) is 0 Å². The summed E-state index contributed by atoms with van der Waals surface area (Å²) in [5, 5.41) is 5.47. The van der Waals surface area contributed by atoms with Crippen molar-refractivity contribution in [2.24, 2.45) is 0 Å². The van der Waals surface area contributed by atoms with Crippen LogP contribution in [0.5, 0.6) is 0 Å². The third kappa shape index (κ3) is 2.81. The van der Waals surface area contributed by atoms with Crippen LogP contribution in [-0.2, 0) is 0 Å². The molecule has 0 bridgehead atoms. The number of rotatable bonds is 3. The second-order valence-corrected chi connectivity index (χ2v) is 8.59. The van der Waals surface area contributed by atoms with Gasteiger partial charge in [0.05, 0.1) is 11.1 Å². The number of aryl methyl sites for hydroxylation is 1. The van der Waals surface area contributed by atoms with E-state index in [0.29, 0.717) is 17.0 Å². The molecule has 0 aliphatic rings. The Bertz CT molecular complexity index is 1630. The quantitative estimate of drug-likeness (QED) is 0.357. The van der Waals surface area contributed by atoms with Gasteiger partial charge in [-0.1, -0.05) is 78.9 Å².